The molecule has 3 nitrogen and oxygen atoms in total. The number of hydrogen-bond acceptors (Lipinski definition) is 1. The van der Waals surface area contributed by atoms with Gasteiger partial charge in [-0.15, -0.1) is 0 Å². The Bertz CT molecular complexity index is 2120. The molecule has 8 rings (SSSR count). The summed E-state index contributed by atoms with van der Waals surface area (Å²) in [7, 11) is 0. The normalized spacial score (nSPS) is 11.7. The second kappa shape index (κ2) is 8.19. The third-order valence-electron chi connectivity index (χ3n) is 7.52. The van der Waals surface area contributed by atoms with Gasteiger partial charge in [-0.1, -0.05) is 97.1 Å². The summed E-state index contributed by atoms with van der Waals surface area (Å²) < 4.78 is 4.72. The molecule has 38 heavy (non-hydrogen) atoms. The van der Waals surface area contributed by atoms with Gasteiger partial charge >= 0.3 is 0 Å². The minimum atomic E-state index is 0.918. The average molecular weight is 486 g/mol. The fraction of sp³-hybridized carbons (Fsp3) is 0. The molecule has 3 heteroatoms. The van der Waals surface area contributed by atoms with Crippen LogP contribution in [-0.4, -0.2) is 14.1 Å². The molecular weight excluding hydrogens is 462 g/mol. The van der Waals surface area contributed by atoms with E-state index in [1.807, 2.05) is 6.07 Å². The van der Waals surface area contributed by atoms with Gasteiger partial charge < -0.3 is 4.57 Å². The number of fused-ring (bicyclic) bond motifs is 7. The second-order valence-electron chi connectivity index (χ2n) is 9.64. The van der Waals surface area contributed by atoms with Gasteiger partial charge in [0.2, 0.25) is 0 Å². The summed E-state index contributed by atoms with van der Waals surface area (Å²) in [6, 6.07) is 49.3. The lowest BCUT2D eigenvalue weighted by molar-refractivity contribution is 1.09. The van der Waals surface area contributed by atoms with Crippen LogP contribution in [0.15, 0.2) is 140 Å². The maximum atomic E-state index is 5.19. The van der Waals surface area contributed by atoms with E-state index >= 15 is 0 Å². The number of aromatic nitrogens is 3. The number of para-hydroxylation sites is 3. The van der Waals surface area contributed by atoms with E-state index in [4.69, 9.17) is 4.98 Å². The van der Waals surface area contributed by atoms with Crippen LogP contribution in [0.1, 0.15) is 0 Å². The molecule has 0 N–H and O–H groups in total. The molecule has 0 radical (unpaired) electrons. The Hall–Kier alpha value is -5.15. The lowest BCUT2D eigenvalue weighted by Gasteiger charge is -2.11. The molecule has 178 valence electrons. The van der Waals surface area contributed by atoms with Crippen molar-refractivity contribution >= 4 is 43.6 Å². The zero-order valence-electron chi connectivity index (χ0n) is 20.6. The van der Waals surface area contributed by atoms with Crippen LogP contribution in [0.25, 0.3) is 66.4 Å². The first-order valence-electron chi connectivity index (χ1n) is 12.9. The number of pyridine rings is 1. The molecule has 0 bridgehead atoms. The molecule has 0 fully saturated rings. The fourth-order valence-corrected chi connectivity index (χ4v) is 5.92. The standard InChI is InChI=1S/C35H23N3/c1-3-12-24(13-4-1)29-18-11-21-33(36-29)38-30-19-9-7-16-26(30)27-22-23-32-34(35(27)38)28-17-8-10-20-31(28)37(32)25-14-5-2-6-15-25/h1-23H. The van der Waals surface area contributed by atoms with E-state index in [-0.39, 0.29) is 0 Å². The maximum Gasteiger partial charge on any atom is 0.138 e. The molecular formula is C35H23N3. The molecule has 0 atom stereocenters. The van der Waals surface area contributed by atoms with Crippen LogP contribution >= 0.6 is 0 Å². The molecule has 0 saturated heterocycles. The van der Waals surface area contributed by atoms with Crippen molar-refractivity contribution in [2.24, 2.45) is 0 Å². The summed E-state index contributed by atoms with van der Waals surface area (Å²) in [4.78, 5) is 5.19. The van der Waals surface area contributed by atoms with Gasteiger partial charge in [0.25, 0.3) is 0 Å². The van der Waals surface area contributed by atoms with E-state index in [0.717, 1.165) is 28.3 Å². The Morgan fingerprint density at radius 3 is 1.87 bits per heavy atom. The Labute approximate surface area is 219 Å². The van der Waals surface area contributed by atoms with Gasteiger partial charge in [-0.3, -0.25) is 4.57 Å². The molecule has 3 heterocycles. The van der Waals surface area contributed by atoms with Gasteiger partial charge in [0.1, 0.15) is 5.82 Å². The van der Waals surface area contributed by atoms with E-state index in [9.17, 15) is 0 Å². The highest BCUT2D eigenvalue weighted by molar-refractivity contribution is 6.26. The monoisotopic (exact) mass is 485 g/mol. The second-order valence-corrected chi connectivity index (χ2v) is 9.64. The van der Waals surface area contributed by atoms with Gasteiger partial charge in [0.15, 0.2) is 0 Å². The van der Waals surface area contributed by atoms with E-state index in [1.165, 1.54) is 38.1 Å². The molecule has 5 aromatic carbocycles. The lowest BCUT2D eigenvalue weighted by atomic mass is 10.1. The zero-order chi connectivity index (χ0) is 25.1. The van der Waals surface area contributed by atoms with Crippen molar-refractivity contribution in [1.29, 1.82) is 0 Å². The summed E-state index contributed by atoms with van der Waals surface area (Å²) in [5.74, 6) is 0.918. The van der Waals surface area contributed by atoms with Crippen molar-refractivity contribution < 1.29 is 0 Å². The first-order chi connectivity index (χ1) is 18.9. The van der Waals surface area contributed by atoms with Crippen molar-refractivity contribution in [3.05, 3.63) is 140 Å². The molecule has 3 aromatic heterocycles. The molecule has 0 unspecified atom stereocenters. The third kappa shape index (κ3) is 2.99. The van der Waals surface area contributed by atoms with E-state index in [2.05, 4.69) is 143 Å². The van der Waals surface area contributed by atoms with E-state index < -0.39 is 0 Å². The predicted octanol–water partition coefficient (Wildman–Crippen LogP) is 8.94. The molecule has 0 aliphatic rings. The van der Waals surface area contributed by atoms with Gasteiger partial charge in [0.05, 0.1) is 27.8 Å². The van der Waals surface area contributed by atoms with Crippen molar-refractivity contribution in [3.8, 4) is 22.8 Å². The summed E-state index contributed by atoms with van der Waals surface area (Å²) >= 11 is 0. The van der Waals surface area contributed by atoms with Crippen LogP contribution in [0.4, 0.5) is 0 Å². The number of benzene rings is 5. The highest BCUT2D eigenvalue weighted by atomic mass is 15.1. The largest absolute Gasteiger partial charge is 0.309 e. The summed E-state index contributed by atoms with van der Waals surface area (Å²) in [5.41, 5.74) is 7.97. The summed E-state index contributed by atoms with van der Waals surface area (Å²) in [5, 5.41) is 4.94. The van der Waals surface area contributed by atoms with Crippen LogP contribution in [0.3, 0.4) is 0 Å². The van der Waals surface area contributed by atoms with E-state index in [0.29, 0.717) is 0 Å². The first kappa shape index (κ1) is 21.0. The Balaban J connectivity index is 1.55. The fourth-order valence-electron chi connectivity index (χ4n) is 5.92. The molecule has 0 amide bonds. The number of rotatable bonds is 3. The molecule has 0 saturated carbocycles. The Morgan fingerprint density at radius 2 is 1.08 bits per heavy atom. The first-order valence-corrected chi connectivity index (χ1v) is 12.9. The molecule has 0 aliphatic carbocycles. The number of nitrogens with zero attached hydrogens (tertiary/aromatic N) is 3. The smallest absolute Gasteiger partial charge is 0.138 e. The van der Waals surface area contributed by atoms with Crippen LogP contribution in [0.5, 0.6) is 0 Å². The molecule has 0 aliphatic heterocycles. The lowest BCUT2D eigenvalue weighted by Crippen LogP contribution is -1.99. The maximum absolute atomic E-state index is 5.19. The quantitative estimate of drug-likeness (QED) is 0.245. The Kier molecular flexibility index (Phi) is 4.52. The van der Waals surface area contributed by atoms with E-state index in [1.54, 1.807) is 0 Å². The summed E-state index contributed by atoms with van der Waals surface area (Å²) in [6.45, 7) is 0. The van der Waals surface area contributed by atoms with Crippen LogP contribution in [0, 0.1) is 0 Å². The minimum Gasteiger partial charge on any atom is -0.309 e. The predicted molar refractivity (Wildman–Crippen MR) is 158 cm³/mol. The van der Waals surface area contributed by atoms with Gasteiger partial charge in [-0.25, -0.2) is 4.98 Å². The van der Waals surface area contributed by atoms with Gasteiger partial charge in [-0.05, 0) is 42.5 Å². The van der Waals surface area contributed by atoms with Gasteiger partial charge in [0, 0.05) is 32.8 Å². The van der Waals surface area contributed by atoms with Crippen LogP contribution in [-0.2, 0) is 0 Å². The van der Waals surface area contributed by atoms with Crippen molar-refractivity contribution in [2.45, 2.75) is 0 Å². The highest BCUT2D eigenvalue weighted by Gasteiger charge is 2.21. The van der Waals surface area contributed by atoms with Crippen molar-refractivity contribution in [2.75, 3.05) is 0 Å². The zero-order valence-corrected chi connectivity index (χ0v) is 20.6. The Morgan fingerprint density at radius 1 is 0.421 bits per heavy atom. The topological polar surface area (TPSA) is 22.8 Å². The van der Waals surface area contributed by atoms with Gasteiger partial charge in [-0.2, -0.15) is 0 Å². The molecule has 0 spiro atoms. The average Bonchev–Trinajstić information content (AvgIpc) is 3.51. The van der Waals surface area contributed by atoms with Crippen LogP contribution < -0.4 is 0 Å². The van der Waals surface area contributed by atoms with Crippen LogP contribution in [0.2, 0.25) is 0 Å². The van der Waals surface area contributed by atoms with Crippen molar-refractivity contribution in [1.82, 2.24) is 14.1 Å². The molecule has 8 aromatic rings. The SMILES string of the molecule is c1ccc(-c2cccc(-n3c4ccccc4c4ccc5c(c6ccccc6n5-c5ccccc5)c43)n2)cc1. The van der Waals surface area contributed by atoms with Crippen molar-refractivity contribution in [3.63, 3.8) is 0 Å². The third-order valence-corrected chi connectivity index (χ3v) is 7.52. The number of hydrogen-bond donors (Lipinski definition) is 0. The highest BCUT2D eigenvalue weighted by Crippen LogP contribution is 2.41. The minimum absolute atomic E-state index is 0.918. The summed E-state index contributed by atoms with van der Waals surface area (Å²) in [6.07, 6.45) is 0.